The van der Waals surface area contributed by atoms with Crippen molar-refractivity contribution in [3.63, 3.8) is 0 Å². The van der Waals surface area contributed by atoms with Crippen LogP contribution in [0.5, 0.6) is 11.5 Å². The lowest BCUT2D eigenvalue weighted by molar-refractivity contribution is 0.0724. The Kier molecular flexibility index (Phi) is 9.10. The molecule has 0 bridgehead atoms. The molecule has 0 aliphatic heterocycles. The highest BCUT2D eigenvalue weighted by molar-refractivity contribution is 5.91. The van der Waals surface area contributed by atoms with Crippen molar-refractivity contribution in [2.45, 2.75) is 64.4 Å². The first-order chi connectivity index (χ1) is 18.3. The van der Waals surface area contributed by atoms with Gasteiger partial charge in [0.25, 0.3) is 0 Å². The predicted molar refractivity (Wildman–Crippen MR) is 140 cm³/mol. The van der Waals surface area contributed by atoms with Crippen LogP contribution in [0.1, 0.15) is 74.2 Å². The van der Waals surface area contributed by atoms with E-state index in [4.69, 9.17) is 9.47 Å². The van der Waals surface area contributed by atoms with E-state index in [9.17, 15) is 14.3 Å². The number of aliphatic hydroxyl groups is 1. The Morgan fingerprint density at radius 2 is 1.61 bits per heavy atom. The van der Waals surface area contributed by atoms with Crippen LogP contribution in [-0.4, -0.2) is 23.8 Å². The van der Waals surface area contributed by atoms with Crippen LogP contribution in [-0.2, 0) is 0 Å². The Hall–Kier alpha value is -3.32. The van der Waals surface area contributed by atoms with Crippen molar-refractivity contribution in [1.82, 2.24) is 0 Å². The fourth-order valence-electron chi connectivity index (χ4n) is 5.23. The quantitative estimate of drug-likeness (QED) is 0.228. The van der Waals surface area contributed by atoms with Gasteiger partial charge in [-0.2, -0.15) is 0 Å². The Balaban J connectivity index is 1.43. The van der Waals surface area contributed by atoms with Crippen molar-refractivity contribution in [3.8, 4) is 22.6 Å². The average Bonchev–Trinajstić information content (AvgIpc) is 2.91. The number of hydrogen-bond donors (Lipinski definition) is 1. The van der Waals surface area contributed by atoms with E-state index >= 15 is 8.78 Å². The van der Waals surface area contributed by atoms with Gasteiger partial charge in [0.1, 0.15) is 17.3 Å². The van der Waals surface area contributed by atoms with Crippen LogP contribution in [0.2, 0.25) is 0 Å². The van der Waals surface area contributed by atoms with Gasteiger partial charge >= 0.3 is 5.97 Å². The first-order valence-corrected chi connectivity index (χ1v) is 13.2. The maximum absolute atomic E-state index is 15.1. The molecule has 0 aromatic heterocycles. The fraction of sp³-hybridized carbons (Fsp3) is 0.387. The van der Waals surface area contributed by atoms with Crippen LogP contribution in [0, 0.1) is 23.4 Å². The van der Waals surface area contributed by atoms with E-state index in [1.54, 1.807) is 19.1 Å². The summed E-state index contributed by atoms with van der Waals surface area (Å²) in [6.07, 6.45) is 4.40. The van der Waals surface area contributed by atoms with Crippen LogP contribution in [0.25, 0.3) is 11.1 Å². The van der Waals surface area contributed by atoms with Crippen LogP contribution < -0.4 is 9.47 Å². The summed E-state index contributed by atoms with van der Waals surface area (Å²) < 4.78 is 55.0. The zero-order valence-electron chi connectivity index (χ0n) is 21.7. The molecule has 1 unspecified atom stereocenters. The number of aliphatic hydroxyl groups excluding tert-OH is 1. The van der Waals surface area contributed by atoms with Gasteiger partial charge in [0.2, 0.25) is 0 Å². The summed E-state index contributed by atoms with van der Waals surface area (Å²) >= 11 is 0. The predicted octanol–water partition coefficient (Wildman–Crippen LogP) is 7.82. The van der Waals surface area contributed by atoms with Crippen molar-refractivity contribution in [2.24, 2.45) is 5.92 Å². The summed E-state index contributed by atoms with van der Waals surface area (Å²) in [7, 11) is 0. The maximum Gasteiger partial charge on any atom is 0.346 e. The van der Waals surface area contributed by atoms with E-state index < -0.39 is 23.4 Å². The number of carbonyl (C=O) groups is 1. The van der Waals surface area contributed by atoms with Crippen LogP contribution in [0.4, 0.5) is 13.2 Å². The number of hydrogen-bond acceptors (Lipinski definition) is 4. The molecule has 0 radical (unpaired) electrons. The lowest BCUT2D eigenvalue weighted by Crippen LogP contribution is -2.25. The first kappa shape index (κ1) is 27.7. The Morgan fingerprint density at radius 3 is 2.24 bits per heavy atom. The Bertz CT molecular complexity index is 1250. The van der Waals surface area contributed by atoms with Gasteiger partial charge in [-0.15, -0.1) is 0 Å². The molecule has 3 aromatic rings. The van der Waals surface area contributed by atoms with E-state index in [0.717, 1.165) is 44.6 Å². The average molecular weight is 527 g/mol. The molecule has 4 rings (SSSR count). The van der Waals surface area contributed by atoms with Gasteiger partial charge in [0.05, 0.1) is 18.3 Å². The van der Waals surface area contributed by atoms with Gasteiger partial charge in [-0.3, -0.25) is 0 Å². The zero-order chi connectivity index (χ0) is 27.2. The summed E-state index contributed by atoms with van der Waals surface area (Å²) in [6.45, 7) is 4.18. The topological polar surface area (TPSA) is 55.8 Å². The summed E-state index contributed by atoms with van der Waals surface area (Å²) in [5.41, 5.74) is 0.660. The normalized spacial score (nSPS) is 18.2. The molecular formula is C31H33F3O4. The highest BCUT2D eigenvalue weighted by Gasteiger charge is 2.29. The highest BCUT2D eigenvalue weighted by Crippen LogP contribution is 2.40. The number of rotatable bonds is 9. The van der Waals surface area contributed by atoms with Gasteiger partial charge in [-0.1, -0.05) is 37.6 Å². The van der Waals surface area contributed by atoms with E-state index in [1.165, 1.54) is 36.4 Å². The van der Waals surface area contributed by atoms with Crippen LogP contribution >= 0.6 is 0 Å². The SMILES string of the molecule is CCCC(O)C1CCC(c2ccc(-c3ccc(OC(=O)c4ccc(OCC)cc4F)cc3)c(F)c2F)CC1. The number of halogens is 3. The molecule has 3 aromatic carbocycles. The number of benzene rings is 3. The minimum absolute atomic E-state index is 0.0755. The smallest absolute Gasteiger partial charge is 0.346 e. The minimum atomic E-state index is -0.920. The molecule has 1 atom stereocenters. The van der Waals surface area contributed by atoms with Gasteiger partial charge < -0.3 is 14.6 Å². The fourth-order valence-corrected chi connectivity index (χ4v) is 5.23. The van der Waals surface area contributed by atoms with Crippen molar-refractivity contribution < 1.29 is 32.5 Å². The summed E-state index contributed by atoms with van der Waals surface area (Å²) in [5, 5.41) is 10.3. The highest BCUT2D eigenvalue weighted by atomic mass is 19.2. The maximum atomic E-state index is 15.1. The first-order valence-electron chi connectivity index (χ1n) is 13.2. The standard InChI is InChI=1S/C31H33F3O4/c1-3-5-28(35)21-8-6-19(7-9-21)24-16-17-25(30(34)29(24)33)20-10-12-22(13-11-20)38-31(36)26-15-14-23(37-4-2)18-27(26)32/h10-19,21,28,35H,3-9H2,1-2H3. The molecular weight excluding hydrogens is 493 g/mol. The molecule has 38 heavy (non-hydrogen) atoms. The summed E-state index contributed by atoms with van der Waals surface area (Å²) in [4.78, 5) is 12.4. The molecule has 1 N–H and O–H groups in total. The van der Waals surface area contributed by atoms with E-state index in [1.807, 2.05) is 6.92 Å². The van der Waals surface area contributed by atoms with Gasteiger partial charge in [-0.05, 0) is 86.3 Å². The lowest BCUT2D eigenvalue weighted by Gasteiger charge is -2.32. The molecule has 0 saturated heterocycles. The summed E-state index contributed by atoms with van der Waals surface area (Å²) in [5.74, 6) is -2.81. The third kappa shape index (κ3) is 6.21. The van der Waals surface area contributed by atoms with Crippen molar-refractivity contribution in [3.05, 3.63) is 83.2 Å². The van der Waals surface area contributed by atoms with Crippen molar-refractivity contribution in [1.29, 1.82) is 0 Å². The third-order valence-electron chi connectivity index (χ3n) is 7.30. The minimum Gasteiger partial charge on any atom is -0.494 e. The molecule has 1 saturated carbocycles. The molecule has 1 fully saturated rings. The Morgan fingerprint density at radius 1 is 0.921 bits per heavy atom. The Labute approximate surface area is 221 Å². The van der Waals surface area contributed by atoms with E-state index in [0.29, 0.717) is 23.5 Å². The lowest BCUT2D eigenvalue weighted by atomic mass is 9.75. The second-order valence-electron chi connectivity index (χ2n) is 9.79. The van der Waals surface area contributed by atoms with Gasteiger partial charge in [-0.25, -0.2) is 18.0 Å². The molecule has 202 valence electrons. The molecule has 0 amide bonds. The molecule has 7 heteroatoms. The number of ether oxygens (including phenoxy) is 2. The van der Waals surface area contributed by atoms with E-state index in [-0.39, 0.29) is 34.8 Å². The molecule has 4 nitrogen and oxygen atoms in total. The second-order valence-corrected chi connectivity index (χ2v) is 9.79. The van der Waals surface area contributed by atoms with Crippen LogP contribution in [0.15, 0.2) is 54.6 Å². The largest absolute Gasteiger partial charge is 0.494 e. The second kappa shape index (κ2) is 12.5. The molecule has 0 heterocycles. The molecule has 1 aliphatic carbocycles. The summed E-state index contributed by atoms with van der Waals surface area (Å²) in [6, 6.07) is 13.1. The monoisotopic (exact) mass is 526 g/mol. The molecule has 0 spiro atoms. The number of esters is 1. The van der Waals surface area contributed by atoms with Crippen molar-refractivity contribution in [2.75, 3.05) is 6.61 Å². The van der Waals surface area contributed by atoms with Crippen molar-refractivity contribution >= 4 is 5.97 Å². The third-order valence-corrected chi connectivity index (χ3v) is 7.30. The van der Waals surface area contributed by atoms with Gasteiger partial charge in [0, 0.05) is 11.6 Å². The van der Waals surface area contributed by atoms with Crippen LogP contribution in [0.3, 0.4) is 0 Å². The van der Waals surface area contributed by atoms with Gasteiger partial charge in [0.15, 0.2) is 11.6 Å². The molecule has 1 aliphatic rings. The van der Waals surface area contributed by atoms with E-state index in [2.05, 4.69) is 0 Å². The zero-order valence-corrected chi connectivity index (χ0v) is 21.7. The number of carbonyl (C=O) groups excluding carboxylic acids is 1.